The number of ketones is 2. The third-order valence-corrected chi connectivity index (χ3v) is 9.27. The number of carbonyl (C=O) groups excluding carboxylic acids is 2. The van der Waals surface area contributed by atoms with Crippen LogP contribution in [0.1, 0.15) is 223 Å². The Kier molecular flexibility index (Phi) is 25.7. The summed E-state index contributed by atoms with van der Waals surface area (Å²) in [6, 6.07) is 0. The molecule has 0 amide bonds. The fourth-order valence-corrected chi connectivity index (χ4v) is 6.27. The van der Waals surface area contributed by atoms with E-state index in [9.17, 15) is 9.59 Å². The van der Waals surface area contributed by atoms with E-state index in [1.54, 1.807) is 0 Å². The summed E-state index contributed by atoms with van der Waals surface area (Å²) in [7, 11) is 0. The molecule has 4 nitrogen and oxygen atoms in total. The molecule has 0 aliphatic heterocycles. The van der Waals surface area contributed by atoms with E-state index in [4.69, 9.17) is 18.6 Å². The number of carbonyl (C=O) groups is 2. The van der Waals surface area contributed by atoms with Gasteiger partial charge < -0.3 is 10.2 Å². The van der Waals surface area contributed by atoms with Crippen LogP contribution in [0.15, 0.2) is 0 Å². The Morgan fingerprint density at radius 2 is 0.818 bits per heavy atom. The second kappa shape index (κ2) is 32.5. The lowest BCUT2D eigenvalue weighted by Gasteiger charge is -2.27. The predicted octanol–water partition coefficient (Wildman–Crippen LogP) is 12.2. The smallest absolute Gasteiger partial charge is 0.235 e. The van der Waals surface area contributed by atoms with Crippen molar-refractivity contribution in [1.82, 2.24) is 0 Å². The van der Waals surface area contributed by atoms with Crippen molar-refractivity contribution in [3.05, 3.63) is 0 Å². The maximum Gasteiger partial charge on any atom is 0.235 e. The number of unbranched alkanes of at least 4 members (excludes halogenated alkanes) is 28. The van der Waals surface area contributed by atoms with E-state index < -0.39 is 29.1 Å². The Hall–Kier alpha value is -0.450. The molecule has 0 bridgehead atoms. The van der Waals surface area contributed by atoms with Crippen molar-refractivity contribution in [1.29, 1.82) is 2.86 Å². The molecule has 0 saturated heterocycles. The third kappa shape index (κ3) is 25.7. The molecule has 0 saturated carbocycles. The summed E-state index contributed by atoms with van der Waals surface area (Å²) in [5.74, 6) is -11.2. The van der Waals surface area contributed by atoms with Crippen LogP contribution in [0.4, 0.5) is 0 Å². The SMILES string of the molecule is [2H]OC(O[2H])(C(=O)CCCCCCCCCCCCCCCCC)C([2H])(C(=O)CCCCCCCCCCCCCCCCC)C([2H])([2H])Cl. The Bertz CT molecular complexity index is 794. The van der Waals surface area contributed by atoms with Crippen molar-refractivity contribution >= 4 is 23.2 Å². The van der Waals surface area contributed by atoms with Crippen molar-refractivity contribution in [3.8, 4) is 0 Å². The standard InChI is InChI=1S/C39H75ClO4/c1-3-5-7-9-11-13-15-17-19-21-23-25-27-29-31-33-37(41)36(35-40)39(43,44)38(42)34-32-30-28-26-24-22-20-18-16-14-12-10-8-6-4-2/h36,43-44H,3-35H2,1-2H3/i35D2,36D,43D,44D. The highest BCUT2D eigenvalue weighted by Crippen LogP contribution is 2.24. The van der Waals surface area contributed by atoms with Crippen molar-refractivity contribution in [3.63, 3.8) is 0 Å². The first-order chi connectivity index (χ1) is 23.6. The fourth-order valence-electron chi connectivity index (χ4n) is 6.04. The molecule has 0 aromatic rings. The number of halogens is 1. The number of aliphatic hydroxyl groups is 2. The number of hydrogen-bond acceptors (Lipinski definition) is 4. The minimum absolute atomic E-state index is 0.199. The van der Waals surface area contributed by atoms with Crippen LogP contribution in [0.25, 0.3) is 0 Å². The van der Waals surface area contributed by atoms with Crippen LogP contribution in [0, 0.1) is 5.89 Å². The molecule has 0 rings (SSSR count). The molecule has 2 N–H and O–H groups in total. The Balaban J connectivity index is 4.47. The number of rotatable bonds is 38. The van der Waals surface area contributed by atoms with Crippen LogP contribution >= 0.6 is 11.6 Å². The number of hydrogen-bond donors (Lipinski definition) is 2. The van der Waals surface area contributed by atoms with Crippen LogP contribution in [0.3, 0.4) is 0 Å². The summed E-state index contributed by atoms with van der Waals surface area (Å²) >= 11 is 5.94. The first-order valence-electron chi connectivity index (χ1n) is 21.4. The molecule has 0 spiro atoms. The van der Waals surface area contributed by atoms with Gasteiger partial charge in [-0.05, 0) is 12.8 Å². The predicted molar refractivity (Wildman–Crippen MR) is 190 cm³/mol. The van der Waals surface area contributed by atoms with Gasteiger partial charge in [-0.2, -0.15) is 0 Å². The van der Waals surface area contributed by atoms with E-state index in [1.165, 1.54) is 128 Å². The molecule has 0 aromatic carbocycles. The van der Waals surface area contributed by atoms with Gasteiger partial charge in [0.25, 0.3) is 0 Å². The molecular weight excluding hydrogens is 568 g/mol. The average molecular weight is 649 g/mol. The van der Waals surface area contributed by atoms with Crippen molar-refractivity contribution in [2.75, 3.05) is 5.83 Å². The quantitative estimate of drug-likeness (QED) is 0.0397. The zero-order valence-electron chi connectivity index (χ0n) is 34.1. The molecule has 0 radical (unpaired) electrons. The molecule has 0 aromatic heterocycles. The Labute approximate surface area is 286 Å². The summed E-state index contributed by atoms with van der Waals surface area (Å²) in [6.07, 6.45) is 34.1. The molecule has 0 fully saturated rings. The summed E-state index contributed by atoms with van der Waals surface area (Å²) in [4.78, 5) is 26.6. The van der Waals surface area contributed by atoms with E-state index in [0.717, 1.165) is 44.9 Å². The lowest BCUT2D eigenvalue weighted by molar-refractivity contribution is -0.201. The highest BCUT2D eigenvalue weighted by molar-refractivity contribution is 6.20. The second-order valence-corrected chi connectivity index (χ2v) is 13.5. The summed E-state index contributed by atoms with van der Waals surface area (Å²) in [6.45, 7) is 4.48. The maximum atomic E-state index is 13.3. The largest absolute Gasteiger partial charge is 0.359 e. The highest BCUT2D eigenvalue weighted by atomic mass is 35.5. The summed E-state index contributed by atoms with van der Waals surface area (Å²) < 4.78 is 40.2. The van der Waals surface area contributed by atoms with Gasteiger partial charge in [0.05, 0.1) is 5.89 Å². The van der Waals surface area contributed by atoms with Gasteiger partial charge in [-0.25, -0.2) is 0 Å². The Morgan fingerprint density at radius 3 is 1.09 bits per heavy atom. The molecule has 0 heterocycles. The molecule has 0 aliphatic rings. The average Bonchev–Trinajstić information content (AvgIpc) is 3.08. The van der Waals surface area contributed by atoms with E-state index in [-0.39, 0.29) is 12.8 Å². The molecule has 5 heteroatoms. The van der Waals surface area contributed by atoms with Gasteiger partial charge in [-0.15, -0.1) is 11.6 Å². The van der Waals surface area contributed by atoms with Crippen molar-refractivity contribution < 1.29 is 23.9 Å². The lowest BCUT2D eigenvalue weighted by Crippen LogP contribution is -2.50. The van der Waals surface area contributed by atoms with Crippen molar-refractivity contribution in [2.24, 2.45) is 5.89 Å². The van der Waals surface area contributed by atoms with Gasteiger partial charge >= 0.3 is 0 Å². The lowest BCUT2D eigenvalue weighted by atomic mass is 9.87. The first kappa shape index (κ1) is 34.9. The molecule has 0 aliphatic carbocycles. The molecule has 1 atom stereocenters. The minimum atomic E-state index is -3.10. The molecule has 262 valence electrons. The first-order valence-corrected chi connectivity index (χ1v) is 19.5. The monoisotopic (exact) mass is 648 g/mol. The van der Waals surface area contributed by atoms with E-state index in [0.29, 0.717) is 19.3 Å². The van der Waals surface area contributed by atoms with Gasteiger partial charge in [0.15, 0.2) is 5.78 Å². The minimum Gasteiger partial charge on any atom is -0.359 e. The van der Waals surface area contributed by atoms with Gasteiger partial charge in [0.2, 0.25) is 8.65 Å². The topological polar surface area (TPSA) is 74.6 Å². The second-order valence-electron chi connectivity index (χ2n) is 13.3. The summed E-state index contributed by atoms with van der Waals surface area (Å²) in [5.41, 5.74) is 0. The van der Waals surface area contributed by atoms with Crippen LogP contribution in [-0.4, -0.2) is 36.3 Å². The zero-order valence-corrected chi connectivity index (χ0v) is 29.9. The van der Waals surface area contributed by atoms with Crippen LogP contribution in [-0.2, 0) is 9.59 Å². The van der Waals surface area contributed by atoms with Gasteiger partial charge in [0, 0.05) is 22.8 Å². The van der Waals surface area contributed by atoms with Crippen LogP contribution in [0.2, 0.25) is 0 Å². The van der Waals surface area contributed by atoms with Crippen molar-refractivity contribution in [2.45, 2.75) is 225 Å². The maximum absolute atomic E-state index is 13.3. The molecule has 44 heavy (non-hydrogen) atoms. The van der Waals surface area contributed by atoms with Gasteiger partial charge in [-0.1, -0.05) is 194 Å². The molecular formula is C39H75ClO4. The third-order valence-electron chi connectivity index (χ3n) is 9.08. The Morgan fingerprint density at radius 1 is 0.545 bits per heavy atom. The van der Waals surface area contributed by atoms with Crippen LogP contribution in [0.5, 0.6) is 0 Å². The van der Waals surface area contributed by atoms with E-state index >= 15 is 0 Å². The normalized spacial score (nSPS) is 15.2. The zero-order chi connectivity index (χ0) is 36.7. The molecule has 1 unspecified atom stereocenters. The fraction of sp³-hybridized carbons (Fsp3) is 0.949. The number of alkyl halides is 1. The summed E-state index contributed by atoms with van der Waals surface area (Å²) in [5, 5.41) is 9.05. The van der Waals surface area contributed by atoms with Gasteiger partial charge in [-0.3, -0.25) is 9.59 Å². The van der Waals surface area contributed by atoms with E-state index in [1.807, 2.05) is 0 Å². The van der Waals surface area contributed by atoms with E-state index in [2.05, 4.69) is 24.1 Å². The van der Waals surface area contributed by atoms with Gasteiger partial charge in [0.1, 0.15) is 5.78 Å². The van der Waals surface area contributed by atoms with Crippen LogP contribution < -0.4 is 0 Å². The number of Topliss-reactive ketones (excluding diaryl/α,β-unsaturated/α-hetero) is 2. The highest BCUT2D eigenvalue weighted by Gasteiger charge is 2.44.